The Kier molecular flexibility index (Phi) is 5.14. The maximum absolute atomic E-state index is 12.2. The van der Waals surface area contributed by atoms with Crippen LogP contribution in [0.1, 0.15) is 0 Å². The van der Waals surface area contributed by atoms with Gasteiger partial charge in [0, 0.05) is 22.5 Å². The van der Waals surface area contributed by atoms with Gasteiger partial charge in [0.05, 0.1) is 5.02 Å². The van der Waals surface area contributed by atoms with Crippen LogP contribution in [0.5, 0.6) is 5.75 Å². The van der Waals surface area contributed by atoms with Crippen molar-refractivity contribution in [1.82, 2.24) is 14.6 Å². The van der Waals surface area contributed by atoms with Crippen molar-refractivity contribution in [1.29, 1.82) is 0 Å². The van der Waals surface area contributed by atoms with E-state index in [1.807, 2.05) is 47.0 Å². The van der Waals surface area contributed by atoms with E-state index in [-0.39, 0.29) is 12.5 Å². The number of carbonyl (C=O) groups excluding carboxylic acids is 1. The predicted octanol–water partition coefficient (Wildman–Crippen LogP) is 4.72. The molecule has 4 rings (SSSR count). The molecule has 4 aromatic rings. The van der Waals surface area contributed by atoms with Crippen molar-refractivity contribution < 1.29 is 9.53 Å². The Bertz CT molecular complexity index is 1160. The maximum Gasteiger partial charge on any atom is 0.262 e. The van der Waals surface area contributed by atoms with E-state index in [0.717, 1.165) is 11.2 Å². The van der Waals surface area contributed by atoms with Gasteiger partial charge in [-0.05, 0) is 42.5 Å². The topological polar surface area (TPSA) is 68.5 Å². The average molecular weight is 413 g/mol. The molecular weight excluding hydrogens is 399 g/mol. The van der Waals surface area contributed by atoms with Gasteiger partial charge in [-0.3, -0.25) is 9.20 Å². The van der Waals surface area contributed by atoms with Gasteiger partial charge in [0.1, 0.15) is 5.75 Å². The summed E-state index contributed by atoms with van der Waals surface area (Å²) in [7, 11) is 0. The van der Waals surface area contributed by atoms with Crippen molar-refractivity contribution in [3.05, 3.63) is 76.9 Å². The molecule has 0 aliphatic heterocycles. The zero-order chi connectivity index (χ0) is 19.5. The number of hydrogen-bond donors (Lipinski definition) is 1. The van der Waals surface area contributed by atoms with E-state index < -0.39 is 0 Å². The molecule has 0 unspecified atom stereocenters. The number of nitrogens with zero attached hydrogens (tertiary/aromatic N) is 3. The maximum atomic E-state index is 12.2. The average Bonchev–Trinajstić information content (AvgIpc) is 3.12. The summed E-state index contributed by atoms with van der Waals surface area (Å²) in [6, 6.07) is 17.9. The van der Waals surface area contributed by atoms with Gasteiger partial charge in [0.15, 0.2) is 18.1 Å². The molecule has 0 saturated carbocycles. The van der Waals surface area contributed by atoms with E-state index in [1.165, 1.54) is 0 Å². The number of pyridine rings is 1. The fourth-order valence-electron chi connectivity index (χ4n) is 2.71. The molecule has 0 aliphatic rings. The Balaban J connectivity index is 1.46. The standard InChI is InChI=1S/C20H14Cl2N4O2/c21-14-7-8-17(16(22)11-14)28-12-19(27)23-15-5-3-4-13(10-15)20-25-24-18-6-1-2-9-26(18)20/h1-11H,12H2,(H,23,27). The number of aromatic nitrogens is 3. The predicted molar refractivity (Wildman–Crippen MR) is 109 cm³/mol. The quantitative estimate of drug-likeness (QED) is 0.514. The summed E-state index contributed by atoms with van der Waals surface area (Å²) in [6.07, 6.45) is 1.89. The minimum atomic E-state index is -0.311. The summed E-state index contributed by atoms with van der Waals surface area (Å²) < 4.78 is 7.34. The molecule has 0 saturated heterocycles. The van der Waals surface area contributed by atoms with E-state index in [4.69, 9.17) is 27.9 Å². The third kappa shape index (κ3) is 3.93. The Labute approximate surface area is 170 Å². The smallest absolute Gasteiger partial charge is 0.262 e. The van der Waals surface area contributed by atoms with Crippen LogP contribution in [0.4, 0.5) is 5.69 Å². The van der Waals surface area contributed by atoms with Crippen molar-refractivity contribution in [2.24, 2.45) is 0 Å². The van der Waals surface area contributed by atoms with E-state index >= 15 is 0 Å². The Morgan fingerprint density at radius 3 is 2.79 bits per heavy atom. The molecule has 1 N–H and O–H groups in total. The molecule has 2 aromatic carbocycles. The fraction of sp³-hybridized carbons (Fsp3) is 0.0500. The fourth-order valence-corrected chi connectivity index (χ4v) is 3.17. The molecule has 1 amide bonds. The minimum Gasteiger partial charge on any atom is -0.482 e. The summed E-state index contributed by atoms with van der Waals surface area (Å²) >= 11 is 11.9. The van der Waals surface area contributed by atoms with Gasteiger partial charge >= 0.3 is 0 Å². The van der Waals surface area contributed by atoms with Crippen LogP contribution in [0.25, 0.3) is 17.0 Å². The first-order chi connectivity index (χ1) is 13.6. The second-order valence-electron chi connectivity index (χ2n) is 5.94. The molecule has 0 spiro atoms. The van der Waals surface area contributed by atoms with E-state index in [9.17, 15) is 4.79 Å². The second kappa shape index (κ2) is 7.88. The molecule has 0 fully saturated rings. The molecule has 0 radical (unpaired) electrons. The minimum absolute atomic E-state index is 0.181. The summed E-state index contributed by atoms with van der Waals surface area (Å²) in [4.78, 5) is 12.2. The molecule has 0 aliphatic carbocycles. The number of fused-ring (bicyclic) bond motifs is 1. The van der Waals surface area contributed by atoms with Crippen LogP contribution in [0.15, 0.2) is 66.9 Å². The Morgan fingerprint density at radius 1 is 1.04 bits per heavy atom. The number of carbonyl (C=O) groups is 1. The lowest BCUT2D eigenvalue weighted by atomic mass is 10.2. The van der Waals surface area contributed by atoms with E-state index in [1.54, 1.807) is 24.3 Å². The zero-order valence-electron chi connectivity index (χ0n) is 14.5. The number of nitrogens with one attached hydrogen (secondary N) is 1. The molecule has 28 heavy (non-hydrogen) atoms. The van der Waals surface area contributed by atoms with Crippen molar-refractivity contribution in [3.8, 4) is 17.1 Å². The lowest BCUT2D eigenvalue weighted by Gasteiger charge is -2.10. The van der Waals surface area contributed by atoms with Crippen LogP contribution < -0.4 is 10.1 Å². The van der Waals surface area contributed by atoms with Gasteiger partial charge in [-0.2, -0.15) is 0 Å². The number of rotatable bonds is 5. The lowest BCUT2D eigenvalue weighted by molar-refractivity contribution is -0.118. The Hall–Kier alpha value is -3.09. The zero-order valence-corrected chi connectivity index (χ0v) is 16.0. The number of anilines is 1. The first-order valence-corrected chi connectivity index (χ1v) is 9.14. The SMILES string of the molecule is O=C(COc1ccc(Cl)cc1Cl)Nc1cccc(-c2nnc3ccccn23)c1. The highest BCUT2D eigenvalue weighted by molar-refractivity contribution is 6.35. The van der Waals surface area contributed by atoms with Crippen LogP contribution in [-0.2, 0) is 4.79 Å². The molecule has 140 valence electrons. The highest BCUT2D eigenvalue weighted by atomic mass is 35.5. The molecule has 0 atom stereocenters. The molecule has 2 heterocycles. The van der Waals surface area contributed by atoms with Gasteiger partial charge in [-0.1, -0.05) is 41.4 Å². The van der Waals surface area contributed by atoms with Crippen LogP contribution in [-0.4, -0.2) is 27.1 Å². The number of hydrogen-bond acceptors (Lipinski definition) is 4. The first kappa shape index (κ1) is 18.3. The van der Waals surface area contributed by atoms with Gasteiger partial charge < -0.3 is 10.1 Å². The molecule has 2 aromatic heterocycles. The van der Waals surface area contributed by atoms with Crippen molar-refractivity contribution in [2.75, 3.05) is 11.9 Å². The van der Waals surface area contributed by atoms with E-state index in [2.05, 4.69) is 15.5 Å². The first-order valence-electron chi connectivity index (χ1n) is 8.38. The van der Waals surface area contributed by atoms with Gasteiger partial charge in [-0.25, -0.2) is 0 Å². The highest BCUT2D eigenvalue weighted by Gasteiger charge is 2.10. The van der Waals surface area contributed by atoms with Crippen LogP contribution in [0.2, 0.25) is 10.0 Å². The normalized spacial score (nSPS) is 10.8. The van der Waals surface area contributed by atoms with Gasteiger partial charge in [0.25, 0.3) is 5.91 Å². The largest absolute Gasteiger partial charge is 0.482 e. The monoisotopic (exact) mass is 412 g/mol. The molecule has 8 heteroatoms. The number of benzene rings is 2. The molecule has 0 bridgehead atoms. The van der Waals surface area contributed by atoms with Crippen LogP contribution >= 0.6 is 23.2 Å². The van der Waals surface area contributed by atoms with Crippen LogP contribution in [0.3, 0.4) is 0 Å². The number of amides is 1. The van der Waals surface area contributed by atoms with Gasteiger partial charge in [0.2, 0.25) is 0 Å². The second-order valence-corrected chi connectivity index (χ2v) is 6.79. The highest BCUT2D eigenvalue weighted by Crippen LogP contribution is 2.27. The molecular formula is C20H14Cl2N4O2. The van der Waals surface area contributed by atoms with Gasteiger partial charge in [-0.15, -0.1) is 10.2 Å². The van der Waals surface area contributed by atoms with Crippen molar-refractivity contribution >= 4 is 40.4 Å². The number of halogens is 2. The Morgan fingerprint density at radius 2 is 1.93 bits per heavy atom. The van der Waals surface area contributed by atoms with Crippen LogP contribution in [0, 0.1) is 0 Å². The molecule has 6 nitrogen and oxygen atoms in total. The summed E-state index contributed by atoms with van der Waals surface area (Å²) in [5.74, 6) is 0.773. The van der Waals surface area contributed by atoms with Crippen molar-refractivity contribution in [3.63, 3.8) is 0 Å². The third-order valence-electron chi connectivity index (χ3n) is 3.97. The summed E-state index contributed by atoms with van der Waals surface area (Å²) in [5.41, 5.74) is 2.21. The summed E-state index contributed by atoms with van der Waals surface area (Å²) in [6.45, 7) is -0.181. The third-order valence-corrected chi connectivity index (χ3v) is 4.50. The van der Waals surface area contributed by atoms with E-state index in [0.29, 0.717) is 27.3 Å². The van der Waals surface area contributed by atoms with Crippen molar-refractivity contribution in [2.45, 2.75) is 0 Å². The lowest BCUT2D eigenvalue weighted by Crippen LogP contribution is -2.20. The number of ether oxygens (including phenoxy) is 1. The summed E-state index contributed by atoms with van der Waals surface area (Å²) in [5, 5.41) is 12.0.